The highest BCUT2D eigenvalue weighted by Gasteiger charge is 2.10. The van der Waals surface area contributed by atoms with Crippen molar-refractivity contribution >= 4 is 11.8 Å². The van der Waals surface area contributed by atoms with Gasteiger partial charge in [0.25, 0.3) is 5.76 Å². The summed E-state index contributed by atoms with van der Waals surface area (Å²) in [5.74, 6) is -0.411. The Hall–Kier alpha value is -1.57. The molecule has 2 aromatic rings. The lowest BCUT2D eigenvalue weighted by Gasteiger charge is -2.12. The second-order valence-electron chi connectivity index (χ2n) is 4.86. The van der Waals surface area contributed by atoms with Crippen molar-refractivity contribution in [3.05, 3.63) is 53.5 Å². The van der Waals surface area contributed by atoms with Crippen molar-refractivity contribution in [2.45, 2.75) is 24.2 Å². The van der Waals surface area contributed by atoms with Gasteiger partial charge in [-0.05, 0) is 29.8 Å². The molecule has 0 aliphatic carbocycles. The third-order valence-corrected chi connectivity index (χ3v) is 3.89. The summed E-state index contributed by atoms with van der Waals surface area (Å²) in [7, 11) is 1.57. The van der Waals surface area contributed by atoms with Gasteiger partial charge in [0, 0.05) is 6.54 Å². The molecule has 1 unspecified atom stereocenters. The van der Waals surface area contributed by atoms with Crippen molar-refractivity contribution in [2.75, 3.05) is 13.7 Å². The number of thioether (sulfide) groups is 1. The molecule has 2 rings (SSSR count). The molecule has 0 saturated carbocycles. The summed E-state index contributed by atoms with van der Waals surface area (Å²) in [6.45, 7) is 0.759. The van der Waals surface area contributed by atoms with Crippen molar-refractivity contribution < 1.29 is 23.0 Å². The van der Waals surface area contributed by atoms with Crippen LogP contribution in [0.5, 0.6) is 5.75 Å². The average molecular weight is 343 g/mol. The summed E-state index contributed by atoms with van der Waals surface area (Å²) < 4.78 is 34.8. The molecule has 1 aromatic carbocycles. The van der Waals surface area contributed by atoms with Crippen molar-refractivity contribution in [2.24, 2.45) is 0 Å². The van der Waals surface area contributed by atoms with E-state index in [1.54, 1.807) is 25.3 Å². The van der Waals surface area contributed by atoms with Crippen molar-refractivity contribution in [3.63, 3.8) is 0 Å². The number of ether oxygens (including phenoxy) is 1. The fourth-order valence-corrected chi connectivity index (χ4v) is 2.48. The van der Waals surface area contributed by atoms with Gasteiger partial charge in [0.15, 0.2) is 0 Å². The standard InChI is InChI=1S/C16H19F2NO3S/c1-21-12-4-2-3-11(7-12)15(20)9-19-8-13-5-6-14(22-13)10-23-16(17)18/h2-7,15-16,19-20H,8-10H2,1H3. The van der Waals surface area contributed by atoms with E-state index in [1.165, 1.54) is 0 Å². The second kappa shape index (κ2) is 8.90. The van der Waals surface area contributed by atoms with Crippen LogP contribution >= 0.6 is 11.8 Å². The Balaban J connectivity index is 1.78. The van der Waals surface area contributed by atoms with Gasteiger partial charge in [-0.15, -0.1) is 0 Å². The molecular weight excluding hydrogens is 324 g/mol. The predicted octanol–water partition coefficient (Wildman–Crippen LogP) is 3.57. The maximum atomic E-state index is 12.1. The quantitative estimate of drug-likeness (QED) is 0.729. The fraction of sp³-hybridized carbons (Fsp3) is 0.375. The van der Waals surface area contributed by atoms with Gasteiger partial charge in [0.1, 0.15) is 17.3 Å². The molecule has 0 radical (unpaired) electrons. The van der Waals surface area contributed by atoms with Gasteiger partial charge >= 0.3 is 0 Å². The Morgan fingerprint density at radius 1 is 1.26 bits per heavy atom. The zero-order chi connectivity index (χ0) is 16.7. The summed E-state index contributed by atoms with van der Waals surface area (Å²) in [5.41, 5.74) is 0.755. The summed E-state index contributed by atoms with van der Waals surface area (Å²) >= 11 is 0.528. The minimum atomic E-state index is -2.40. The zero-order valence-electron chi connectivity index (χ0n) is 12.7. The van der Waals surface area contributed by atoms with Gasteiger partial charge in [-0.25, -0.2) is 0 Å². The second-order valence-corrected chi connectivity index (χ2v) is 5.84. The fourth-order valence-electron chi connectivity index (χ4n) is 2.04. The highest BCUT2D eigenvalue weighted by Crippen LogP contribution is 2.21. The van der Waals surface area contributed by atoms with E-state index < -0.39 is 11.9 Å². The van der Waals surface area contributed by atoms with Crippen molar-refractivity contribution in [3.8, 4) is 5.75 Å². The minimum Gasteiger partial charge on any atom is -0.497 e. The van der Waals surface area contributed by atoms with Gasteiger partial charge in [0.2, 0.25) is 0 Å². The molecule has 1 heterocycles. The average Bonchev–Trinajstić information content (AvgIpc) is 3.00. The van der Waals surface area contributed by atoms with E-state index in [9.17, 15) is 13.9 Å². The molecule has 1 atom stereocenters. The molecule has 126 valence electrons. The highest BCUT2D eigenvalue weighted by atomic mass is 32.2. The van der Waals surface area contributed by atoms with Crippen molar-refractivity contribution in [1.29, 1.82) is 0 Å². The Kier molecular flexibility index (Phi) is 6.88. The summed E-state index contributed by atoms with van der Waals surface area (Å²) in [6, 6.07) is 10.7. The third-order valence-electron chi connectivity index (χ3n) is 3.18. The smallest absolute Gasteiger partial charge is 0.284 e. The van der Waals surface area contributed by atoms with Crippen LogP contribution < -0.4 is 10.1 Å². The number of hydrogen-bond donors (Lipinski definition) is 2. The highest BCUT2D eigenvalue weighted by molar-refractivity contribution is 7.98. The lowest BCUT2D eigenvalue weighted by atomic mass is 10.1. The monoisotopic (exact) mass is 343 g/mol. The van der Waals surface area contributed by atoms with Gasteiger partial charge in [-0.2, -0.15) is 8.78 Å². The third kappa shape index (κ3) is 5.85. The predicted molar refractivity (Wildman–Crippen MR) is 85.7 cm³/mol. The maximum absolute atomic E-state index is 12.1. The molecule has 0 fully saturated rings. The number of benzene rings is 1. The first-order valence-corrected chi connectivity index (χ1v) is 8.13. The molecule has 0 bridgehead atoms. The first-order valence-electron chi connectivity index (χ1n) is 7.08. The molecule has 7 heteroatoms. The summed E-state index contributed by atoms with van der Waals surface area (Å²) in [6.07, 6.45) is -0.672. The molecule has 2 N–H and O–H groups in total. The molecule has 0 aliphatic heterocycles. The van der Waals surface area contributed by atoms with E-state index in [2.05, 4.69) is 5.32 Å². The Bertz CT molecular complexity index is 607. The molecule has 0 aliphatic rings. The van der Waals surface area contributed by atoms with Crippen LogP contribution in [0.25, 0.3) is 0 Å². The van der Waals surface area contributed by atoms with Gasteiger partial charge < -0.3 is 19.6 Å². The SMILES string of the molecule is COc1cccc(C(O)CNCc2ccc(CSC(F)F)o2)c1. The van der Waals surface area contributed by atoms with E-state index in [4.69, 9.17) is 9.15 Å². The zero-order valence-corrected chi connectivity index (χ0v) is 13.5. The minimum absolute atomic E-state index is 0.143. The normalized spacial score (nSPS) is 12.6. The van der Waals surface area contributed by atoms with Crippen LogP contribution in [0.2, 0.25) is 0 Å². The molecule has 0 spiro atoms. The molecule has 23 heavy (non-hydrogen) atoms. The molecule has 1 aromatic heterocycles. The first kappa shape index (κ1) is 17.8. The molecule has 4 nitrogen and oxygen atoms in total. The van der Waals surface area contributed by atoms with E-state index in [0.29, 0.717) is 42.1 Å². The van der Waals surface area contributed by atoms with Crippen LogP contribution in [0.1, 0.15) is 23.2 Å². The number of hydrogen-bond acceptors (Lipinski definition) is 5. The van der Waals surface area contributed by atoms with E-state index in [0.717, 1.165) is 5.56 Å². The maximum Gasteiger partial charge on any atom is 0.284 e. The van der Waals surface area contributed by atoms with E-state index in [1.807, 2.05) is 18.2 Å². The van der Waals surface area contributed by atoms with Gasteiger partial charge in [-0.1, -0.05) is 23.9 Å². The van der Waals surface area contributed by atoms with E-state index in [-0.39, 0.29) is 5.75 Å². The molecular formula is C16H19F2NO3S. The van der Waals surface area contributed by atoms with Crippen LogP contribution in [0, 0.1) is 0 Å². The lowest BCUT2D eigenvalue weighted by molar-refractivity contribution is 0.173. The van der Waals surface area contributed by atoms with Crippen molar-refractivity contribution in [1.82, 2.24) is 5.32 Å². The first-order chi connectivity index (χ1) is 11.1. The van der Waals surface area contributed by atoms with Crippen LogP contribution in [0.4, 0.5) is 8.78 Å². The number of rotatable bonds is 9. The molecule has 0 saturated heterocycles. The van der Waals surface area contributed by atoms with Gasteiger partial charge in [-0.3, -0.25) is 0 Å². The number of halogens is 2. The van der Waals surface area contributed by atoms with Crippen LogP contribution in [0.3, 0.4) is 0 Å². The largest absolute Gasteiger partial charge is 0.497 e. The Labute approximate surface area is 137 Å². The molecule has 0 amide bonds. The number of methoxy groups -OCH3 is 1. The number of aliphatic hydroxyl groups excluding tert-OH is 1. The summed E-state index contributed by atoms with van der Waals surface area (Å²) in [5, 5.41) is 13.2. The Morgan fingerprint density at radius 3 is 2.78 bits per heavy atom. The number of aliphatic hydroxyl groups is 1. The van der Waals surface area contributed by atoms with Crippen LogP contribution in [0.15, 0.2) is 40.8 Å². The van der Waals surface area contributed by atoms with Gasteiger partial charge in [0.05, 0.1) is 25.5 Å². The van der Waals surface area contributed by atoms with Crippen LogP contribution in [-0.4, -0.2) is 24.5 Å². The lowest BCUT2D eigenvalue weighted by Crippen LogP contribution is -2.20. The Morgan fingerprint density at radius 2 is 2.04 bits per heavy atom. The topological polar surface area (TPSA) is 54.6 Å². The number of alkyl halides is 2. The number of nitrogens with one attached hydrogen (secondary N) is 1. The number of furan rings is 1. The van der Waals surface area contributed by atoms with Crippen LogP contribution in [-0.2, 0) is 12.3 Å². The van der Waals surface area contributed by atoms with E-state index >= 15 is 0 Å². The summed E-state index contributed by atoms with van der Waals surface area (Å²) in [4.78, 5) is 0.